The highest BCUT2D eigenvalue weighted by molar-refractivity contribution is 8.00. The van der Waals surface area contributed by atoms with Crippen LogP contribution in [0.3, 0.4) is 0 Å². The molecule has 2 heteroatoms. The number of hydrogen-bond acceptors (Lipinski definition) is 2. The molecule has 0 heterocycles. The van der Waals surface area contributed by atoms with Crippen molar-refractivity contribution >= 4 is 17.5 Å². The maximum atomic E-state index is 11.3. The molecule has 1 aliphatic carbocycles. The Labute approximate surface area is 108 Å². The van der Waals surface area contributed by atoms with E-state index < -0.39 is 0 Å². The fourth-order valence-corrected chi connectivity index (χ4v) is 3.57. The average Bonchev–Trinajstić information content (AvgIpc) is 2.32. The number of Topliss-reactive ketones (excluding diaryl/α,β-unsaturated/α-hetero) is 1. The van der Waals surface area contributed by atoms with Crippen molar-refractivity contribution in [1.29, 1.82) is 0 Å². The van der Waals surface area contributed by atoms with Crippen molar-refractivity contribution in [3.05, 3.63) is 29.8 Å². The molecule has 1 saturated carbocycles. The van der Waals surface area contributed by atoms with Gasteiger partial charge in [-0.05, 0) is 50.7 Å². The molecule has 17 heavy (non-hydrogen) atoms. The highest BCUT2D eigenvalue weighted by atomic mass is 32.2. The summed E-state index contributed by atoms with van der Waals surface area (Å²) in [6.07, 6.45) is 5.33. The number of ketones is 1. The van der Waals surface area contributed by atoms with Crippen LogP contribution >= 0.6 is 11.8 Å². The van der Waals surface area contributed by atoms with Crippen molar-refractivity contribution in [2.24, 2.45) is 5.92 Å². The first kappa shape index (κ1) is 12.7. The van der Waals surface area contributed by atoms with Gasteiger partial charge in [0.1, 0.15) is 0 Å². The molecule has 1 aliphatic rings. The quantitative estimate of drug-likeness (QED) is 0.729. The van der Waals surface area contributed by atoms with Gasteiger partial charge in [-0.15, -0.1) is 11.8 Å². The summed E-state index contributed by atoms with van der Waals surface area (Å²) >= 11 is 1.95. The standard InChI is InChI=1S/C15H20OS/c1-11-6-8-14(9-7-11)17-15-5-3-4-13(10-15)12(2)16/h3-5,10-11,14H,6-9H2,1-2H3. The third kappa shape index (κ3) is 3.60. The lowest BCUT2D eigenvalue weighted by molar-refractivity contribution is 0.101. The second-order valence-corrected chi connectivity index (χ2v) is 6.46. The van der Waals surface area contributed by atoms with E-state index in [0.717, 1.165) is 16.7 Å². The number of benzene rings is 1. The van der Waals surface area contributed by atoms with E-state index in [4.69, 9.17) is 0 Å². The Bertz CT molecular complexity index is 392. The van der Waals surface area contributed by atoms with E-state index in [2.05, 4.69) is 13.0 Å². The fourth-order valence-electron chi connectivity index (χ4n) is 2.33. The van der Waals surface area contributed by atoms with E-state index in [0.29, 0.717) is 0 Å². The zero-order valence-corrected chi connectivity index (χ0v) is 11.4. The van der Waals surface area contributed by atoms with Gasteiger partial charge in [0, 0.05) is 15.7 Å². The molecule has 1 aromatic rings. The van der Waals surface area contributed by atoms with Crippen LogP contribution in [0.25, 0.3) is 0 Å². The Morgan fingerprint density at radius 2 is 1.94 bits per heavy atom. The maximum absolute atomic E-state index is 11.3. The van der Waals surface area contributed by atoms with Crippen LogP contribution in [0.2, 0.25) is 0 Å². The zero-order valence-electron chi connectivity index (χ0n) is 10.6. The minimum absolute atomic E-state index is 0.157. The molecule has 1 fully saturated rings. The first-order valence-corrected chi connectivity index (χ1v) is 7.31. The second-order valence-electron chi connectivity index (χ2n) is 5.08. The van der Waals surface area contributed by atoms with Crippen LogP contribution in [0, 0.1) is 5.92 Å². The van der Waals surface area contributed by atoms with Gasteiger partial charge in [-0.3, -0.25) is 4.79 Å². The van der Waals surface area contributed by atoms with Gasteiger partial charge in [-0.25, -0.2) is 0 Å². The molecule has 0 aliphatic heterocycles. The highest BCUT2D eigenvalue weighted by Crippen LogP contribution is 2.35. The first-order chi connectivity index (χ1) is 8.15. The molecule has 0 amide bonds. The van der Waals surface area contributed by atoms with E-state index in [1.165, 1.54) is 30.6 Å². The molecule has 92 valence electrons. The largest absolute Gasteiger partial charge is 0.295 e. The Balaban J connectivity index is 1.98. The topological polar surface area (TPSA) is 17.1 Å². The summed E-state index contributed by atoms with van der Waals surface area (Å²) in [5, 5.41) is 0.744. The molecule has 0 N–H and O–H groups in total. The lowest BCUT2D eigenvalue weighted by Gasteiger charge is -2.25. The molecule has 0 saturated heterocycles. The Kier molecular flexibility index (Phi) is 4.27. The molecule has 0 bridgehead atoms. The summed E-state index contributed by atoms with van der Waals surface area (Å²) < 4.78 is 0. The van der Waals surface area contributed by atoms with Crippen molar-refractivity contribution in [3.8, 4) is 0 Å². The summed E-state index contributed by atoms with van der Waals surface area (Å²) in [5.41, 5.74) is 0.833. The third-order valence-electron chi connectivity index (χ3n) is 3.51. The van der Waals surface area contributed by atoms with Gasteiger partial charge in [0.25, 0.3) is 0 Å². The Morgan fingerprint density at radius 1 is 1.24 bits per heavy atom. The molecule has 0 atom stereocenters. The SMILES string of the molecule is CC(=O)c1cccc(SC2CCC(C)CC2)c1. The summed E-state index contributed by atoms with van der Waals surface area (Å²) in [7, 11) is 0. The van der Waals surface area contributed by atoms with Crippen LogP contribution in [0.4, 0.5) is 0 Å². The molecule has 0 aromatic heterocycles. The van der Waals surface area contributed by atoms with E-state index in [1.807, 2.05) is 30.0 Å². The van der Waals surface area contributed by atoms with Gasteiger partial charge >= 0.3 is 0 Å². The van der Waals surface area contributed by atoms with Gasteiger partial charge in [0.15, 0.2) is 5.78 Å². The number of hydrogen-bond donors (Lipinski definition) is 0. The lowest BCUT2D eigenvalue weighted by Crippen LogP contribution is -2.13. The van der Waals surface area contributed by atoms with Crippen molar-refractivity contribution < 1.29 is 4.79 Å². The minimum atomic E-state index is 0.157. The summed E-state index contributed by atoms with van der Waals surface area (Å²) in [6, 6.07) is 8.04. The smallest absolute Gasteiger partial charge is 0.159 e. The van der Waals surface area contributed by atoms with E-state index in [-0.39, 0.29) is 5.78 Å². The van der Waals surface area contributed by atoms with Gasteiger partial charge in [0.05, 0.1) is 0 Å². The highest BCUT2D eigenvalue weighted by Gasteiger charge is 2.19. The molecular formula is C15H20OS. The predicted molar refractivity (Wildman–Crippen MR) is 73.7 cm³/mol. The number of rotatable bonds is 3. The second kappa shape index (κ2) is 5.72. The van der Waals surface area contributed by atoms with Crippen molar-refractivity contribution in [1.82, 2.24) is 0 Å². The Morgan fingerprint density at radius 3 is 2.59 bits per heavy atom. The third-order valence-corrected chi connectivity index (χ3v) is 4.84. The molecule has 2 rings (SSSR count). The van der Waals surface area contributed by atoms with Gasteiger partial charge in [0.2, 0.25) is 0 Å². The lowest BCUT2D eigenvalue weighted by atomic mass is 9.91. The van der Waals surface area contributed by atoms with Crippen molar-refractivity contribution in [3.63, 3.8) is 0 Å². The molecule has 0 radical (unpaired) electrons. The summed E-state index contributed by atoms with van der Waals surface area (Å²) in [5.74, 6) is 1.06. The van der Waals surface area contributed by atoms with E-state index >= 15 is 0 Å². The van der Waals surface area contributed by atoms with Crippen molar-refractivity contribution in [2.45, 2.75) is 49.7 Å². The van der Waals surface area contributed by atoms with Gasteiger partial charge in [-0.1, -0.05) is 19.1 Å². The monoisotopic (exact) mass is 248 g/mol. The van der Waals surface area contributed by atoms with Crippen LogP contribution in [-0.2, 0) is 0 Å². The molecule has 0 unspecified atom stereocenters. The summed E-state index contributed by atoms with van der Waals surface area (Å²) in [6.45, 7) is 3.98. The van der Waals surface area contributed by atoms with Gasteiger partial charge in [-0.2, -0.15) is 0 Å². The minimum Gasteiger partial charge on any atom is -0.295 e. The average molecular weight is 248 g/mol. The first-order valence-electron chi connectivity index (χ1n) is 6.43. The molecule has 1 nitrogen and oxygen atoms in total. The van der Waals surface area contributed by atoms with E-state index in [9.17, 15) is 4.79 Å². The fraction of sp³-hybridized carbons (Fsp3) is 0.533. The molecule has 1 aromatic carbocycles. The number of carbonyl (C=O) groups excluding carboxylic acids is 1. The predicted octanol–water partition coefficient (Wildman–Crippen LogP) is 4.56. The Hall–Kier alpha value is -0.760. The van der Waals surface area contributed by atoms with Crippen LogP contribution < -0.4 is 0 Å². The molecular weight excluding hydrogens is 228 g/mol. The summed E-state index contributed by atoms with van der Waals surface area (Å²) in [4.78, 5) is 12.6. The number of carbonyl (C=O) groups is 1. The number of thioether (sulfide) groups is 1. The van der Waals surface area contributed by atoms with Gasteiger partial charge < -0.3 is 0 Å². The van der Waals surface area contributed by atoms with Crippen LogP contribution in [0.5, 0.6) is 0 Å². The van der Waals surface area contributed by atoms with E-state index in [1.54, 1.807) is 6.92 Å². The van der Waals surface area contributed by atoms with Crippen LogP contribution in [0.1, 0.15) is 49.9 Å². The van der Waals surface area contributed by atoms with Crippen LogP contribution in [-0.4, -0.2) is 11.0 Å². The normalized spacial score (nSPS) is 24.6. The molecule has 0 spiro atoms. The van der Waals surface area contributed by atoms with Crippen LogP contribution in [0.15, 0.2) is 29.2 Å². The maximum Gasteiger partial charge on any atom is 0.159 e. The van der Waals surface area contributed by atoms with Crippen molar-refractivity contribution in [2.75, 3.05) is 0 Å². The zero-order chi connectivity index (χ0) is 12.3.